The quantitative estimate of drug-likeness (QED) is 0.108. The fourth-order valence-corrected chi connectivity index (χ4v) is 7.19. The Morgan fingerprint density at radius 3 is 2.37 bits per heavy atom. The molecule has 0 spiro atoms. The number of rotatable bonds is 20. The summed E-state index contributed by atoms with van der Waals surface area (Å²) in [5.41, 5.74) is 2.42. The fraction of sp³-hybridized carbons (Fsp3) is 0.605. The molecule has 1 N–H and O–H groups in total. The Morgan fingerprint density at radius 1 is 0.926 bits per heavy atom. The van der Waals surface area contributed by atoms with Crippen molar-refractivity contribution in [1.82, 2.24) is 39.4 Å². The second kappa shape index (κ2) is 20.2. The highest BCUT2D eigenvalue weighted by Crippen LogP contribution is 2.36. The summed E-state index contributed by atoms with van der Waals surface area (Å²) in [4.78, 5) is 15.9. The molecule has 1 saturated heterocycles. The van der Waals surface area contributed by atoms with E-state index in [9.17, 15) is 0 Å². The number of nitrogens with one attached hydrogen (secondary N) is 1. The highest BCUT2D eigenvalue weighted by molar-refractivity contribution is 6.32. The molecule has 4 aromatic rings. The summed E-state index contributed by atoms with van der Waals surface area (Å²) >= 11 is 6.50. The van der Waals surface area contributed by atoms with Crippen molar-refractivity contribution >= 4 is 23.2 Å². The normalized spacial score (nSPS) is 21.2. The van der Waals surface area contributed by atoms with Crippen LogP contribution in [-0.4, -0.2) is 124 Å². The first kappa shape index (κ1) is 39.8. The Balaban J connectivity index is 1.08. The standard InChI is InChI=1S/C38H54ClN9O6/c1-27-21-46(22-28(2)53-27)32-7-9-33(10-8-32)48-24-35(37(45-48)52-13-5-12-50-16-17-51-15-14-49-4)44-38-41-19-31(20-42-38)30-6-11-34(39)36(18-30)54-29(3)23-47-26-40-25-43-47/h6,11,18-20,24-29,32-33H,5,7-10,12-17,21-23H2,1-4H3,(H,41,42,44)/t27-,28+,29-,32?,33?/m0/s1. The SMILES string of the molecule is COCCOCCOCCCOc1nn(C2CCC(N3C[C@@H](C)O[C@@H](C)C3)CC2)cc1Nc1ncc(-c2ccc(Cl)c(O[C@@H](C)Cn3cncn3)c2)cn1. The predicted octanol–water partition coefficient (Wildman–Crippen LogP) is 5.84. The smallest absolute Gasteiger partial charge is 0.256 e. The van der Waals surface area contributed by atoms with Crippen LogP contribution in [0.2, 0.25) is 5.02 Å². The van der Waals surface area contributed by atoms with Crippen LogP contribution in [0.1, 0.15) is 58.9 Å². The van der Waals surface area contributed by atoms with Gasteiger partial charge in [0.2, 0.25) is 5.95 Å². The van der Waals surface area contributed by atoms with E-state index in [-0.39, 0.29) is 24.4 Å². The van der Waals surface area contributed by atoms with Crippen molar-refractivity contribution in [2.45, 2.75) is 89.8 Å². The molecule has 1 saturated carbocycles. The summed E-state index contributed by atoms with van der Waals surface area (Å²) in [6.45, 7) is 12.0. The third-order valence-electron chi connectivity index (χ3n) is 9.58. The van der Waals surface area contributed by atoms with Crippen LogP contribution < -0.4 is 14.8 Å². The van der Waals surface area contributed by atoms with Gasteiger partial charge in [-0.2, -0.15) is 5.10 Å². The fourth-order valence-electron chi connectivity index (χ4n) is 7.03. The van der Waals surface area contributed by atoms with Crippen molar-refractivity contribution in [2.75, 3.05) is 65.2 Å². The van der Waals surface area contributed by atoms with Gasteiger partial charge in [0, 0.05) is 57.2 Å². The lowest BCUT2D eigenvalue weighted by molar-refractivity contribution is -0.0852. The van der Waals surface area contributed by atoms with E-state index in [1.54, 1.807) is 30.5 Å². The highest BCUT2D eigenvalue weighted by Gasteiger charge is 2.32. The molecule has 3 atom stereocenters. The summed E-state index contributed by atoms with van der Waals surface area (Å²) in [6, 6.07) is 6.49. The topological polar surface area (TPSA) is 145 Å². The zero-order valence-electron chi connectivity index (χ0n) is 31.8. The molecule has 294 valence electrons. The van der Waals surface area contributed by atoms with Crippen LogP contribution in [-0.2, 0) is 25.5 Å². The van der Waals surface area contributed by atoms with Crippen molar-refractivity contribution in [2.24, 2.45) is 0 Å². The number of methoxy groups -OCH3 is 1. The number of anilines is 2. The number of benzene rings is 1. The first-order chi connectivity index (χ1) is 26.3. The number of hydrogen-bond donors (Lipinski definition) is 1. The van der Waals surface area contributed by atoms with Crippen LogP contribution in [0.5, 0.6) is 11.6 Å². The molecular weight excluding hydrogens is 714 g/mol. The molecular formula is C38H54ClN9O6. The van der Waals surface area contributed by atoms with Crippen LogP contribution >= 0.6 is 11.6 Å². The van der Waals surface area contributed by atoms with Gasteiger partial charge in [-0.3, -0.25) is 9.58 Å². The number of hydrogen-bond acceptors (Lipinski definition) is 13. The van der Waals surface area contributed by atoms with Gasteiger partial charge in [-0.1, -0.05) is 17.7 Å². The van der Waals surface area contributed by atoms with E-state index < -0.39 is 0 Å². The lowest BCUT2D eigenvalue weighted by Crippen LogP contribution is -2.51. The largest absolute Gasteiger partial charge is 0.487 e. The molecule has 6 rings (SSSR count). The van der Waals surface area contributed by atoms with E-state index in [2.05, 4.69) is 48.8 Å². The minimum absolute atomic E-state index is 0.176. The molecule has 2 aliphatic rings. The molecule has 0 radical (unpaired) electrons. The van der Waals surface area contributed by atoms with Gasteiger partial charge in [-0.25, -0.2) is 19.6 Å². The number of morpholine rings is 1. The Labute approximate surface area is 322 Å². The van der Waals surface area contributed by atoms with Crippen molar-refractivity contribution in [3.8, 4) is 22.8 Å². The van der Waals surface area contributed by atoms with Gasteiger partial charge in [-0.05, 0) is 64.2 Å². The average molecular weight is 768 g/mol. The second-order valence-corrected chi connectivity index (χ2v) is 14.4. The molecule has 2 fully saturated rings. The van der Waals surface area contributed by atoms with Crippen LogP contribution in [0.4, 0.5) is 11.6 Å². The third-order valence-corrected chi connectivity index (χ3v) is 9.89. The number of ether oxygens (including phenoxy) is 6. The van der Waals surface area contributed by atoms with Crippen LogP contribution in [0, 0.1) is 0 Å². The molecule has 0 bridgehead atoms. The molecule has 1 aliphatic carbocycles. The van der Waals surface area contributed by atoms with Gasteiger partial charge in [-0.15, -0.1) is 5.10 Å². The van der Waals surface area contributed by atoms with Crippen LogP contribution in [0.3, 0.4) is 0 Å². The number of halogens is 1. The first-order valence-corrected chi connectivity index (χ1v) is 19.4. The molecule has 1 aliphatic heterocycles. The van der Waals surface area contributed by atoms with Gasteiger partial charge in [0.15, 0.2) is 0 Å². The van der Waals surface area contributed by atoms with E-state index in [4.69, 9.17) is 45.1 Å². The van der Waals surface area contributed by atoms with Crippen molar-refractivity contribution in [1.29, 1.82) is 0 Å². The first-order valence-electron chi connectivity index (χ1n) is 19.0. The molecule has 0 amide bonds. The average Bonchev–Trinajstić information content (AvgIpc) is 3.83. The lowest BCUT2D eigenvalue weighted by Gasteiger charge is -2.42. The van der Waals surface area contributed by atoms with Crippen molar-refractivity contribution < 1.29 is 28.4 Å². The Hall–Kier alpha value is -3.86. The minimum atomic E-state index is -0.176. The summed E-state index contributed by atoms with van der Waals surface area (Å²) in [5, 5.41) is 13.0. The van der Waals surface area contributed by atoms with E-state index >= 15 is 0 Å². The van der Waals surface area contributed by atoms with Gasteiger partial charge in [0.05, 0.1) is 69.0 Å². The molecule has 3 aromatic heterocycles. The van der Waals surface area contributed by atoms with Crippen LogP contribution in [0.25, 0.3) is 11.1 Å². The Kier molecular flexibility index (Phi) is 14.9. The van der Waals surface area contributed by atoms with E-state index in [1.165, 1.54) is 6.33 Å². The van der Waals surface area contributed by atoms with Crippen molar-refractivity contribution in [3.05, 3.63) is 54.5 Å². The molecule has 4 heterocycles. The van der Waals surface area contributed by atoms with Gasteiger partial charge >= 0.3 is 0 Å². The molecule has 15 nitrogen and oxygen atoms in total. The minimum Gasteiger partial charge on any atom is -0.487 e. The zero-order valence-corrected chi connectivity index (χ0v) is 32.6. The summed E-state index contributed by atoms with van der Waals surface area (Å²) in [7, 11) is 1.66. The maximum atomic E-state index is 6.50. The second-order valence-electron chi connectivity index (χ2n) is 14.0. The van der Waals surface area contributed by atoms with E-state index in [0.29, 0.717) is 81.2 Å². The van der Waals surface area contributed by atoms with E-state index in [1.807, 2.05) is 31.3 Å². The number of aromatic nitrogens is 7. The Bertz CT molecular complexity index is 1680. The van der Waals surface area contributed by atoms with Gasteiger partial charge in [0.25, 0.3) is 5.88 Å². The third kappa shape index (κ3) is 11.6. The summed E-state index contributed by atoms with van der Waals surface area (Å²) in [6.07, 6.45) is 14.1. The molecule has 54 heavy (non-hydrogen) atoms. The zero-order chi connectivity index (χ0) is 37.7. The van der Waals surface area contributed by atoms with Gasteiger partial charge in [0.1, 0.15) is 30.2 Å². The summed E-state index contributed by atoms with van der Waals surface area (Å²) in [5.74, 6) is 1.52. The molecule has 16 heteroatoms. The Morgan fingerprint density at radius 2 is 1.65 bits per heavy atom. The molecule has 0 unspecified atom stereocenters. The van der Waals surface area contributed by atoms with Crippen molar-refractivity contribution in [3.63, 3.8) is 0 Å². The predicted molar refractivity (Wildman–Crippen MR) is 205 cm³/mol. The molecule has 1 aromatic carbocycles. The van der Waals surface area contributed by atoms with E-state index in [0.717, 1.165) is 55.6 Å². The monoisotopic (exact) mass is 767 g/mol. The van der Waals surface area contributed by atoms with Gasteiger partial charge < -0.3 is 33.7 Å². The number of nitrogens with zero attached hydrogens (tertiary/aromatic N) is 8. The maximum Gasteiger partial charge on any atom is 0.256 e. The summed E-state index contributed by atoms with van der Waals surface area (Å²) < 4.78 is 38.3. The highest BCUT2D eigenvalue weighted by atomic mass is 35.5. The van der Waals surface area contributed by atoms with Crippen LogP contribution in [0.15, 0.2) is 49.4 Å². The maximum absolute atomic E-state index is 6.50. The lowest BCUT2D eigenvalue weighted by atomic mass is 9.89.